The van der Waals surface area contributed by atoms with Crippen molar-refractivity contribution >= 4 is 17.5 Å². The third-order valence-corrected chi connectivity index (χ3v) is 3.37. The number of benzene rings is 2. The highest BCUT2D eigenvalue weighted by atomic mass is 35.5. The topological polar surface area (TPSA) is 49.8 Å². The Morgan fingerprint density at radius 1 is 1.24 bits per heavy atom. The monoisotopic (exact) mass is 305 g/mol. The lowest BCUT2D eigenvalue weighted by Gasteiger charge is -2.18. The zero-order valence-corrected chi connectivity index (χ0v) is 12.6. The molecule has 1 amide bonds. The summed E-state index contributed by atoms with van der Waals surface area (Å²) in [5.41, 5.74) is 1.20. The minimum Gasteiger partial charge on any atom is -0.507 e. The van der Waals surface area contributed by atoms with Crippen molar-refractivity contribution in [1.82, 2.24) is 4.90 Å². The maximum absolute atomic E-state index is 12.3. The number of aromatic hydroxyl groups is 1. The minimum absolute atomic E-state index is 0.0951. The molecular weight excluding hydrogens is 290 g/mol. The van der Waals surface area contributed by atoms with Gasteiger partial charge in [0, 0.05) is 24.7 Å². The van der Waals surface area contributed by atoms with Crippen molar-refractivity contribution in [3.05, 3.63) is 58.6 Å². The maximum atomic E-state index is 12.3. The second-order valence-corrected chi connectivity index (χ2v) is 5.11. The van der Waals surface area contributed by atoms with Crippen LogP contribution in [0.5, 0.6) is 11.5 Å². The Kier molecular flexibility index (Phi) is 4.70. The molecule has 0 heterocycles. The van der Waals surface area contributed by atoms with E-state index in [9.17, 15) is 9.90 Å². The van der Waals surface area contributed by atoms with Crippen molar-refractivity contribution < 1.29 is 14.6 Å². The summed E-state index contributed by atoms with van der Waals surface area (Å²) in [5.74, 6) is 0.150. The molecule has 0 aliphatic rings. The lowest BCUT2D eigenvalue weighted by Crippen LogP contribution is -2.26. The van der Waals surface area contributed by atoms with Gasteiger partial charge in [-0.2, -0.15) is 0 Å². The number of hydrogen-bond donors (Lipinski definition) is 1. The number of carbonyl (C=O) groups excluding carboxylic acids is 1. The molecule has 0 spiro atoms. The van der Waals surface area contributed by atoms with E-state index in [1.165, 1.54) is 18.1 Å². The Balaban J connectivity index is 2.13. The van der Waals surface area contributed by atoms with Crippen LogP contribution in [-0.2, 0) is 6.54 Å². The first-order chi connectivity index (χ1) is 10.0. The predicted molar refractivity (Wildman–Crippen MR) is 81.9 cm³/mol. The first-order valence-electron chi connectivity index (χ1n) is 6.38. The molecular formula is C16H16ClNO3. The van der Waals surface area contributed by atoms with Gasteiger partial charge in [-0.05, 0) is 29.8 Å². The van der Waals surface area contributed by atoms with Gasteiger partial charge in [-0.3, -0.25) is 4.79 Å². The van der Waals surface area contributed by atoms with Crippen molar-refractivity contribution in [1.29, 1.82) is 0 Å². The summed E-state index contributed by atoms with van der Waals surface area (Å²) in [6.45, 7) is 0.432. The van der Waals surface area contributed by atoms with E-state index in [1.807, 2.05) is 12.1 Å². The van der Waals surface area contributed by atoms with Gasteiger partial charge >= 0.3 is 0 Å². The van der Waals surface area contributed by atoms with Crippen molar-refractivity contribution in [3.63, 3.8) is 0 Å². The summed E-state index contributed by atoms with van der Waals surface area (Å²) in [5, 5.41) is 10.6. The number of phenolic OH excluding ortho intramolecular Hbond substituents is 1. The summed E-state index contributed by atoms with van der Waals surface area (Å²) in [7, 11) is 3.18. The lowest BCUT2D eigenvalue weighted by atomic mass is 10.1. The van der Waals surface area contributed by atoms with Gasteiger partial charge in [0.2, 0.25) is 0 Å². The van der Waals surface area contributed by atoms with Crippen molar-refractivity contribution in [2.45, 2.75) is 6.54 Å². The van der Waals surface area contributed by atoms with Crippen LogP contribution in [-0.4, -0.2) is 30.1 Å². The Bertz CT molecular complexity index is 640. The van der Waals surface area contributed by atoms with E-state index in [-0.39, 0.29) is 17.2 Å². The van der Waals surface area contributed by atoms with Crippen LogP contribution in [0.4, 0.5) is 0 Å². The first kappa shape index (κ1) is 15.2. The van der Waals surface area contributed by atoms with E-state index in [2.05, 4.69) is 0 Å². The fraction of sp³-hybridized carbons (Fsp3) is 0.188. The molecule has 0 unspecified atom stereocenters. The zero-order valence-electron chi connectivity index (χ0n) is 11.8. The van der Waals surface area contributed by atoms with Gasteiger partial charge in [0.1, 0.15) is 11.5 Å². The lowest BCUT2D eigenvalue weighted by molar-refractivity contribution is 0.0782. The average Bonchev–Trinajstić information content (AvgIpc) is 2.48. The summed E-state index contributed by atoms with van der Waals surface area (Å²) in [6, 6.07) is 11.9. The molecule has 2 rings (SSSR count). The molecule has 0 saturated carbocycles. The molecule has 1 N–H and O–H groups in total. The van der Waals surface area contributed by atoms with Crippen LogP contribution in [0.1, 0.15) is 15.9 Å². The van der Waals surface area contributed by atoms with E-state index in [4.69, 9.17) is 16.3 Å². The molecule has 5 heteroatoms. The molecule has 0 fully saturated rings. The molecule has 110 valence electrons. The van der Waals surface area contributed by atoms with Crippen LogP contribution < -0.4 is 4.74 Å². The molecule has 0 aliphatic carbocycles. The van der Waals surface area contributed by atoms with Gasteiger partial charge in [-0.15, -0.1) is 0 Å². The maximum Gasteiger partial charge on any atom is 0.257 e. The molecule has 0 bridgehead atoms. The van der Waals surface area contributed by atoms with E-state index in [0.29, 0.717) is 17.3 Å². The van der Waals surface area contributed by atoms with Crippen molar-refractivity contribution in [2.75, 3.05) is 14.2 Å². The molecule has 0 aromatic heterocycles. The Hall–Kier alpha value is -2.20. The second-order valence-electron chi connectivity index (χ2n) is 4.67. The summed E-state index contributed by atoms with van der Waals surface area (Å²) >= 11 is 5.83. The normalized spacial score (nSPS) is 10.2. The number of carbonyl (C=O) groups is 1. The summed E-state index contributed by atoms with van der Waals surface area (Å²) < 4.78 is 5.00. The number of halogens is 1. The van der Waals surface area contributed by atoms with Gasteiger partial charge in [0.25, 0.3) is 5.91 Å². The van der Waals surface area contributed by atoms with E-state index in [0.717, 1.165) is 5.56 Å². The number of rotatable bonds is 4. The fourth-order valence-electron chi connectivity index (χ4n) is 1.96. The number of methoxy groups -OCH3 is 1. The van der Waals surface area contributed by atoms with E-state index < -0.39 is 0 Å². The SMILES string of the molecule is COc1ccc(C(=O)N(C)Cc2ccc(Cl)cc2)c(O)c1. The van der Waals surface area contributed by atoms with Gasteiger partial charge in [-0.25, -0.2) is 0 Å². The van der Waals surface area contributed by atoms with Crippen LogP contribution in [0.15, 0.2) is 42.5 Å². The molecule has 2 aromatic carbocycles. The van der Waals surface area contributed by atoms with Gasteiger partial charge < -0.3 is 14.7 Å². The molecule has 4 nitrogen and oxygen atoms in total. The third-order valence-electron chi connectivity index (χ3n) is 3.12. The Labute approximate surface area is 128 Å². The van der Waals surface area contributed by atoms with Crippen molar-refractivity contribution in [2.24, 2.45) is 0 Å². The quantitative estimate of drug-likeness (QED) is 0.942. The largest absolute Gasteiger partial charge is 0.507 e. The van der Waals surface area contributed by atoms with Crippen LogP contribution >= 0.6 is 11.6 Å². The molecule has 0 aliphatic heterocycles. The highest BCUT2D eigenvalue weighted by Crippen LogP contribution is 2.24. The van der Waals surface area contributed by atoms with Crippen LogP contribution in [0, 0.1) is 0 Å². The molecule has 2 aromatic rings. The zero-order chi connectivity index (χ0) is 15.4. The Morgan fingerprint density at radius 3 is 2.48 bits per heavy atom. The second kappa shape index (κ2) is 6.50. The summed E-state index contributed by atoms with van der Waals surface area (Å²) in [6.07, 6.45) is 0. The van der Waals surface area contributed by atoms with Crippen LogP contribution in [0.2, 0.25) is 5.02 Å². The van der Waals surface area contributed by atoms with Crippen LogP contribution in [0.3, 0.4) is 0 Å². The number of amides is 1. The van der Waals surface area contributed by atoms with E-state index in [1.54, 1.807) is 31.3 Å². The first-order valence-corrected chi connectivity index (χ1v) is 6.76. The molecule has 0 radical (unpaired) electrons. The Morgan fingerprint density at radius 2 is 1.90 bits per heavy atom. The fourth-order valence-corrected chi connectivity index (χ4v) is 2.09. The smallest absolute Gasteiger partial charge is 0.257 e. The van der Waals surface area contributed by atoms with Gasteiger partial charge in [-0.1, -0.05) is 23.7 Å². The van der Waals surface area contributed by atoms with Gasteiger partial charge in [0.15, 0.2) is 0 Å². The minimum atomic E-state index is -0.259. The van der Waals surface area contributed by atoms with E-state index >= 15 is 0 Å². The summed E-state index contributed by atoms with van der Waals surface area (Å²) in [4.78, 5) is 13.9. The molecule has 0 atom stereocenters. The molecule has 21 heavy (non-hydrogen) atoms. The van der Waals surface area contributed by atoms with Gasteiger partial charge in [0.05, 0.1) is 12.7 Å². The number of nitrogens with zero attached hydrogens (tertiary/aromatic N) is 1. The average molecular weight is 306 g/mol. The highest BCUT2D eigenvalue weighted by molar-refractivity contribution is 6.30. The number of hydrogen-bond acceptors (Lipinski definition) is 3. The molecule has 0 saturated heterocycles. The number of ether oxygens (including phenoxy) is 1. The van der Waals surface area contributed by atoms with Crippen LogP contribution in [0.25, 0.3) is 0 Å². The predicted octanol–water partition coefficient (Wildman–Crippen LogP) is 3.33. The third kappa shape index (κ3) is 3.67. The van der Waals surface area contributed by atoms with Crippen molar-refractivity contribution in [3.8, 4) is 11.5 Å². The highest BCUT2D eigenvalue weighted by Gasteiger charge is 2.16. The number of phenols is 1. The standard InChI is InChI=1S/C16H16ClNO3/c1-18(10-11-3-5-12(17)6-4-11)16(20)14-8-7-13(21-2)9-15(14)19/h3-9,19H,10H2,1-2H3.